The topological polar surface area (TPSA) is 79.8 Å². The lowest BCUT2D eigenvalue weighted by Crippen LogP contribution is -2.07. The molecule has 0 saturated carbocycles. The molecule has 0 aliphatic carbocycles. The van der Waals surface area contributed by atoms with Crippen molar-refractivity contribution in [2.75, 3.05) is 17.3 Å². The van der Waals surface area contributed by atoms with E-state index in [1.54, 1.807) is 19.1 Å². The van der Waals surface area contributed by atoms with Gasteiger partial charge >= 0.3 is 5.97 Å². The number of carbonyl (C=O) groups is 2. The summed E-state index contributed by atoms with van der Waals surface area (Å²) in [6.07, 6.45) is 0.877. The summed E-state index contributed by atoms with van der Waals surface area (Å²) in [5.41, 5.74) is 5.26. The number of rotatable bonds is 7. The van der Waals surface area contributed by atoms with Gasteiger partial charge in [-0.25, -0.2) is 0 Å². The molecule has 0 aromatic heterocycles. The lowest BCUT2D eigenvalue weighted by atomic mass is 10.2. The Hall–Kier alpha value is -2.37. The highest BCUT2D eigenvalue weighted by Crippen LogP contribution is 2.13. The Labute approximate surface area is 124 Å². The average molecular weight is 291 g/mol. The largest absolute Gasteiger partial charge is 0.466 e. The second-order valence-corrected chi connectivity index (χ2v) is 4.52. The van der Waals surface area contributed by atoms with Gasteiger partial charge in [-0.2, -0.15) is 5.10 Å². The van der Waals surface area contributed by atoms with Crippen molar-refractivity contribution in [2.45, 2.75) is 33.6 Å². The highest BCUT2D eigenvalue weighted by atomic mass is 16.5. The first kappa shape index (κ1) is 16.7. The predicted octanol–water partition coefficient (Wildman–Crippen LogP) is 2.78. The minimum absolute atomic E-state index is 0.108. The van der Waals surface area contributed by atoms with Crippen LogP contribution in [0.4, 0.5) is 11.4 Å². The van der Waals surface area contributed by atoms with Gasteiger partial charge in [0.15, 0.2) is 0 Å². The number of nitrogens with one attached hydrogen (secondary N) is 2. The van der Waals surface area contributed by atoms with Crippen molar-refractivity contribution in [3.63, 3.8) is 0 Å². The standard InChI is InChI=1S/C15H21N3O3/c1-4-21-15(20)10-5-11(2)17-18-14-8-6-13(7-9-14)16-12(3)19/h6-9,18H,4-5,10H2,1-3H3,(H,16,19). The SMILES string of the molecule is CCOC(=O)CCC(C)=NNc1ccc(NC(C)=O)cc1. The van der Waals surface area contributed by atoms with E-state index in [9.17, 15) is 9.59 Å². The van der Waals surface area contributed by atoms with Crippen LogP contribution in [0.25, 0.3) is 0 Å². The van der Waals surface area contributed by atoms with Crippen LogP contribution in [0, 0.1) is 0 Å². The van der Waals surface area contributed by atoms with Gasteiger partial charge in [-0.3, -0.25) is 15.0 Å². The van der Waals surface area contributed by atoms with Crippen molar-refractivity contribution in [1.29, 1.82) is 0 Å². The maximum absolute atomic E-state index is 11.2. The molecule has 21 heavy (non-hydrogen) atoms. The lowest BCUT2D eigenvalue weighted by Gasteiger charge is -2.05. The third kappa shape index (κ3) is 7.10. The molecule has 6 heteroatoms. The Morgan fingerprint density at radius 1 is 1.10 bits per heavy atom. The number of hydrogen-bond donors (Lipinski definition) is 2. The number of anilines is 2. The third-order valence-electron chi connectivity index (χ3n) is 2.58. The molecular formula is C15H21N3O3. The van der Waals surface area contributed by atoms with Crippen LogP contribution < -0.4 is 10.7 Å². The van der Waals surface area contributed by atoms with Gasteiger partial charge in [-0.15, -0.1) is 0 Å². The van der Waals surface area contributed by atoms with Crippen LogP contribution in [-0.2, 0) is 14.3 Å². The normalized spacial score (nSPS) is 10.9. The maximum atomic E-state index is 11.2. The fourth-order valence-electron chi connectivity index (χ4n) is 1.56. The van der Waals surface area contributed by atoms with Gasteiger partial charge in [0.05, 0.1) is 18.7 Å². The van der Waals surface area contributed by atoms with E-state index >= 15 is 0 Å². The molecule has 1 aromatic rings. The first-order valence-corrected chi connectivity index (χ1v) is 6.83. The molecule has 6 nitrogen and oxygen atoms in total. The minimum atomic E-state index is -0.216. The summed E-state index contributed by atoms with van der Waals surface area (Å²) in [6, 6.07) is 7.20. The molecule has 1 amide bonds. The first-order chi connectivity index (χ1) is 10.0. The zero-order valence-electron chi connectivity index (χ0n) is 12.6. The van der Waals surface area contributed by atoms with Crippen LogP contribution >= 0.6 is 0 Å². The Kier molecular flexibility index (Phi) is 6.94. The van der Waals surface area contributed by atoms with E-state index < -0.39 is 0 Å². The van der Waals surface area contributed by atoms with Gasteiger partial charge in [0.25, 0.3) is 0 Å². The number of hydrogen-bond acceptors (Lipinski definition) is 5. The van der Waals surface area contributed by atoms with Crippen LogP contribution in [-0.4, -0.2) is 24.2 Å². The zero-order chi connectivity index (χ0) is 15.7. The quantitative estimate of drug-likeness (QED) is 0.460. The second-order valence-electron chi connectivity index (χ2n) is 4.52. The molecule has 0 saturated heterocycles. The van der Waals surface area contributed by atoms with Crippen molar-refractivity contribution in [2.24, 2.45) is 5.10 Å². The molecule has 0 radical (unpaired) electrons. The Morgan fingerprint density at radius 2 is 1.71 bits per heavy atom. The molecular weight excluding hydrogens is 270 g/mol. The van der Waals surface area contributed by atoms with Gasteiger partial charge in [0.2, 0.25) is 5.91 Å². The molecule has 0 unspecified atom stereocenters. The number of esters is 1. The van der Waals surface area contributed by atoms with Crippen LogP contribution in [0.3, 0.4) is 0 Å². The summed E-state index contributed by atoms with van der Waals surface area (Å²) < 4.78 is 4.85. The number of carbonyl (C=O) groups excluding carboxylic acids is 2. The molecule has 0 aliphatic heterocycles. The summed E-state index contributed by atoms with van der Waals surface area (Å²) in [5.74, 6) is -0.324. The van der Waals surface area contributed by atoms with Crippen LogP contribution in [0.15, 0.2) is 29.4 Å². The van der Waals surface area contributed by atoms with Gasteiger partial charge in [-0.05, 0) is 44.5 Å². The van der Waals surface area contributed by atoms with Crippen molar-refractivity contribution in [3.8, 4) is 0 Å². The van der Waals surface area contributed by atoms with E-state index in [1.807, 2.05) is 19.1 Å². The fraction of sp³-hybridized carbons (Fsp3) is 0.400. The van der Waals surface area contributed by atoms with E-state index in [4.69, 9.17) is 4.74 Å². The Bertz CT molecular complexity index is 509. The Morgan fingerprint density at radius 3 is 2.29 bits per heavy atom. The van der Waals surface area contributed by atoms with Gasteiger partial charge in [0, 0.05) is 18.3 Å². The third-order valence-corrected chi connectivity index (χ3v) is 2.58. The van der Waals surface area contributed by atoms with E-state index in [0.29, 0.717) is 19.4 Å². The van der Waals surface area contributed by atoms with E-state index in [1.165, 1.54) is 6.92 Å². The second kappa shape index (κ2) is 8.73. The first-order valence-electron chi connectivity index (χ1n) is 6.83. The number of hydrazone groups is 1. The summed E-state index contributed by atoms with van der Waals surface area (Å²) >= 11 is 0. The number of ether oxygens (including phenoxy) is 1. The monoisotopic (exact) mass is 291 g/mol. The fourth-order valence-corrected chi connectivity index (χ4v) is 1.56. The van der Waals surface area contributed by atoms with Gasteiger partial charge in [0.1, 0.15) is 0 Å². The zero-order valence-corrected chi connectivity index (χ0v) is 12.6. The van der Waals surface area contributed by atoms with Gasteiger partial charge in [-0.1, -0.05) is 0 Å². The lowest BCUT2D eigenvalue weighted by molar-refractivity contribution is -0.142. The van der Waals surface area contributed by atoms with E-state index in [0.717, 1.165) is 17.1 Å². The van der Waals surface area contributed by atoms with E-state index in [2.05, 4.69) is 15.8 Å². The predicted molar refractivity (Wildman–Crippen MR) is 83.3 cm³/mol. The molecule has 0 aliphatic rings. The molecule has 114 valence electrons. The number of benzene rings is 1. The van der Waals surface area contributed by atoms with Crippen LogP contribution in [0.5, 0.6) is 0 Å². The highest BCUT2D eigenvalue weighted by Gasteiger charge is 2.02. The average Bonchev–Trinajstić information content (AvgIpc) is 2.44. The molecule has 2 N–H and O–H groups in total. The van der Waals surface area contributed by atoms with Crippen molar-refractivity contribution in [3.05, 3.63) is 24.3 Å². The van der Waals surface area contributed by atoms with Gasteiger partial charge < -0.3 is 10.1 Å². The van der Waals surface area contributed by atoms with E-state index in [-0.39, 0.29) is 11.9 Å². The van der Waals surface area contributed by atoms with Crippen molar-refractivity contribution < 1.29 is 14.3 Å². The molecule has 1 rings (SSSR count). The van der Waals surface area contributed by atoms with Crippen LogP contribution in [0.2, 0.25) is 0 Å². The molecule has 0 atom stereocenters. The minimum Gasteiger partial charge on any atom is -0.466 e. The summed E-state index contributed by atoms with van der Waals surface area (Å²) in [4.78, 5) is 22.1. The summed E-state index contributed by atoms with van der Waals surface area (Å²) in [6.45, 7) is 5.49. The van der Waals surface area contributed by atoms with Crippen molar-refractivity contribution in [1.82, 2.24) is 0 Å². The summed E-state index contributed by atoms with van der Waals surface area (Å²) in [7, 11) is 0. The molecule has 0 bridgehead atoms. The number of nitrogens with zero attached hydrogens (tertiary/aromatic N) is 1. The molecule has 0 fully saturated rings. The molecule has 0 heterocycles. The van der Waals surface area contributed by atoms with Crippen LogP contribution in [0.1, 0.15) is 33.6 Å². The maximum Gasteiger partial charge on any atom is 0.306 e. The smallest absolute Gasteiger partial charge is 0.306 e. The Balaban J connectivity index is 2.44. The summed E-state index contributed by atoms with van der Waals surface area (Å²) in [5, 5.41) is 6.88. The highest BCUT2D eigenvalue weighted by molar-refractivity contribution is 5.89. The van der Waals surface area contributed by atoms with Crippen molar-refractivity contribution >= 4 is 29.0 Å². The molecule has 0 spiro atoms. The molecule has 1 aromatic carbocycles. The number of amides is 1.